The second kappa shape index (κ2) is 6.91. The van der Waals surface area contributed by atoms with E-state index >= 15 is 0 Å². The van der Waals surface area contributed by atoms with Gasteiger partial charge in [-0.2, -0.15) is 0 Å². The number of rotatable bonds is 6. The van der Waals surface area contributed by atoms with Crippen LogP contribution in [0.4, 0.5) is 0 Å². The molecule has 1 N–H and O–H groups in total. The lowest BCUT2D eigenvalue weighted by atomic mass is 10.1. The van der Waals surface area contributed by atoms with Crippen molar-refractivity contribution in [3.63, 3.8) is 0 Å². The first kappa shape index (κ1) is 15.0. The molecule has 2 aliphatic rings. The first-order valence-corrected chi connectivity index (χ1v) is 8.53. The molecule has 3 heteroatoms. The summed E-state index contributed by atoms with van der Waals surface area (Å²) in [6.45, 7) is 8.26. The van der Waals surface area contributed by atoms with Crippen LogP contribution < -0.4 is 5.32 Å². The van der Waals surface area contributed by atoms with E-state index in [9.17, 15) is 0 Å². The fourth-order valence-electron chi connectivity index (χ4n) is 3.92. The monoisotopic (exact) mass is 287 g/mol. The third kappa shape index (κ3) is 3.31. The van der Waals surface area contributed by atoms with Crippen LogP contribution in [0, 0.1) is 0 Å². The lowest BCUT2D eigenvalue weighted by Crippen LogP contribution is -2.43. The third-order valence-electron chi connectivity index (χ3n) is 5.16. The molecule has 0 aromatic heterocycles. The topological polar surface area (TPSA) is 18.5 Å². The molecule has 2 atom stereocenters. The average molecular weight is 287 g/mol. The molecule has 1 aromatic rings. The summed E-state index contributed by atoms with van der Waals surface area (Å²) in [5.41, 5.74) is 3.04. The fraction of sp³-hybridized carbons (Fsp3) is 0.667. The molecule has 1 heterocycles. The van der Waals surface area contributed by atoms with Crippen molar-refractivity contribution in [2.45, 2.75) is 38.3 Å². The van der Waals surface area contributed by atoms with Crippen molar-refractivity contribution in [3.8, 4) is 0 Å². The van der Waals surface area contributed by atoms with Gasteiger partial charge < -0.3 is 10.2 Å². The van der Waals surface area contributed by atoms with Gasteiger partial charge in [0.05, 0.1) is 0 Å². The maximum atomic E-state index is 3.70. The first-order chi connectivity index (χ1) is 10.3. The van der Waals surface area contributed by atoms with E-state index in [0.29, 0.717) is 12.1 Å². The molecule has 0 spiro atoms. The molecule has 1 aliphatic carbocycles. The van der Waals surface area contributed by atoms with Crippen LogP contribution in [0.3, 0.4) is 0 Å². The summed E-state index contributed by atoms with van der Waals surface area (Å²) in [7, 11) is 2.30. The highest BCUT2D eigenvalue weighted by atomic mass is 15.2. The highest BCUT2D eigenvalue weighted by Crippen LogP contribution is 2.33. The molecule has 3 rings (SSSR count). The Morgan fingerprint density at radius 2 is 2.00 bits per heavy atom. The standard InChI is InChI=1S/C18H29N3/c1-3-19-18-16-9-5-4-8-15(16)14-17(18)20(2)12-13-21-10-6-7-11-21/h4-5,8-9,17-19H,3,6-7,10-14H2,1-2H3. The van der Waals surface area contributed by atoms with E-state index in [1.54, 1.807) is 0 Å². The van der Waals surface area contributed by atoms with Gasteiger partial charge >= 0.3 is 0 Å². The second-order valence-electron chi connectivity index (χ2n) is 6.53. The van der Waals surface area contributed by atoms with Crippen molar-refractivity contribution in [3.05, 3.63) is 35.4 Å². The molecule has 0 saturated carbocycles. The fourth-order valence-corrected chi connectivity index (χ4v) is 3.92. The van der Waals surface area contributed by atoms with Gasteiger partial charge in [0.25, 0.3) is 0 Å². The largest absolute Gasteiger partial charge is 0.309 e. The summed E-state index contributed by atoms with van der Waals surface area (Å²) in [5, 5.41) is 3.70. The minimum atomic E-state index is 0.495. The number of likely N-dealkylation sites (tertiary alicyclic amines) is 1. The molecular formula is C18H29N3. The summed E-state index contributed by atoms with van der Waals surface area (Å²) in [6.07, 6.45) is 3.96. The van der Waals surface area contributed by atoms with Gasteiger partial charge in [-0.1, -0.05) is 31.2 Å². The summed E-state index contributed by atoms with van der Waals surface area (Å²) in [5.74, 6) is 0. The van der Waals surface area contributed by atoms with Crippen LogP contribution in [0.1, 0.15) is 36.9 Å². The molecular weight excluding hydrogens is 258 g/mol. The van der Waals surface area contributed by atoms with E-state index in [-0.39, 0.29) is 0 Å². The van der Waals surface area contributed by atoms with E-state index in [2.05, 4.69) is 53.4 Å². The van der Waals surface area contributed by atoms with E-state index in [4.69, 9.17) is 0 Å². The van der Waals surface area contributed by atoms with Crippen LogP contribution in [0.5, 0.6) is 0 Å². The third-order valence-corrected chi connectivity index (χ3v) is 5.16. The average Bonchev–Trinajstić information content (AvgIpc) is 3.13. The second-order valence-corrected chi connectivity index (χ2v) is 6.53. The Labute approximate surface area is 129 Å². The first-order valence-electron chi connectivity index (χ1n) is 8.53. The molecule has 116 valence electrons. The highest BCUT2D eigenvalue weighted by Gasteiger charge is 2.34. The number of hydrogen-bond acceptors (Lipinski definition) is 3. The zero-order valence-corrected chi connectivity index (χ0v) is 13.5. The zero-order valence-electron chi connectivity index (χ0n) is 13.5. The molecule has 0 amide bonds. The molecule has 21 heavy (non-hydrogen) atoms. The van der Waals surface area contributed by atoms with Gasteiger partial charge in [-0.15, -0.1) is 0 Å². The predicted octanol–water partition coefficient (Wildman–Crippen LogP) is 2.29. The Kier molecular flexibility index (Phi) is 4.94. The van der Waals surface area contributed by atoms with E-state index in [1.165, 1.54) is 56.6 Å². The van der Waals surface area contributed by atoms with Crippen molar-refractivity contribution < 1.29 is 0 Å². The number of likely N-dealkylation sites (N-methyl/N-ethyl adjacent to an activating group) is 2. The molecule has 1 aromatic carbocycles. The van der Waals surface area contributed by atoms with Crippen molar-refractivity contribution in [1.29, 1.82) is 0 Å². The Bertz CT molecular complexity index is 454. The Morgan fingerprint density at radius 1 is 1.24 bits per heavy atom. The van der Waals surface area contributed by atoms with E-state index in [1.807, 2.05) is 0 Å². The van der Waals surface area contributed by atoms with E-state index < -0.39 is 0 Å². The van der Waals surface area contributed by atoms with Gasteiger partial charge in [0, 0.05) is 25.2 Å². The van der Waals surface area contributed by atoms with Gasteiger partial charge in [-0.05, 0) is 57.1 Å². The van der Waals surface area contributed by atoms with Crippen LogP contribution in [0.2, 0.25) is 0 Å². The maximum absolute atomic E-state index is 3.70. The SMILES string of the molecule is CCNC1c2ccccc2CC1N(C)CCN1CCCC1. The quantitative estimate of drug-likeness (QED) is 0.866. The number of fused-ring (bicyclic) bond motifs is 1. The number of benzene rings is 1. The Hall–Kier alpha value is -0.900. The molecule has 1 aliphatic heterocycles. The van der Waals surface area contributed by atoms with Crippen LogP contribution in [-0.2, 0) is 6.42 Å². The predicted molar refractivity (Wildman–Crippen MR) is 88.7 cm³/mol. The number of nitrogens with one attached hydrogen (secondary N) is 1. The zero-order chi connectivity index (χ0) is 14.7. The number of hydrogen-bond donors (Lipinski definition) is 1. The summed E-state index contributed by atoms with van der Waals surface area (Å²) < 4.78 is 0. The van der Waals surface area contributed by atoms with E-state index in [0.717, 1.165) is 6.54 Å². The van der Waals surface area contributed by atoms with Crippen molar-refractivity contribution in [2.75, 3.05) is 39.8 Å². The van der Waals surface area contributed by atoms with Crippen LogP contribution >= 0.6 is 0 Å². The minimum Gasteiger partial charge on any atom is -0.309 e. The molecule has 0 bridgehead atoms. The molecule has 3 nitrogen and oxygen atoms in total. The summed E-state index contributed by atoms with van der Waals surface area (Å²) in [6, 6.07) is 10.1. The normalized spacial score (nSPS) is 25.7. The maximum Gasteiger partial charge on any atom is 0.0483 e. The molecule has 0 radical (unpaired) electrons. The van der Waals surface area contributed by atoms with Crippen LogP contribution in [-0.4, -0.2) is 55.6 Å². The molecule has 2 unspecified atom stereocenters. The van der Waals surface area contributed by atoms with Gasteiger partial charge in [0.2, 0.25) is 0 Å². The smallest absolute Gasteiger partial charge is 0.0483 e. The van der Waals surface area contributed by atoms with Gasteiger partial charge in [0.15, 0.2) is 0 Å². The van der Waals surface area contributed by atoms with Crippen molar-refractivity contribution >= 4 is 0 Å². The molecule has 1 fully saturated rings. The number of nitrogens with zero attached hydrogens (tertiary/aromatic N) is 2. The van der Waals surface area contributed by atoms with Gasteiger partial charge in [-0.3, -0.25) is 4.90 Å². The summed E-state index contributed by atoms with van der Waals surface area (Å²) in [4.78, 5) is 5.19. The van der Waals surface area contributed by atoms with Crippen LogP contribution in [0.15, 0.2) is 24.3 Å². The Balaban J connectivity index is 1.63. The van der Waals surface area contributed by atoms with Crippen molar-refractivity contribution in [2.24, 2.45) is 0 Å². The highest BCUT2D eigenvalue weighted by molar-refractivity contribution is 5.37. The Morgan fingerprint density at radius 3 is 2.76 bits per heavy atom. The lowest BCUT2D eigenvalue weighted by Gasteiger charge is -2.31. The molecule has 1 saturated heterocycles. The van der Waals surface area contributed by atoms with Crippen LogP contribution in [0.25, 0.3) is 0 Å². The minimum absolute atomic E-state index is 0.495. The van der Waals surface area contributed by atoms with Gasteiger partial charge in [0.1, 0.15) is 0 Å². The summed E-state index contributed by atoms with van der Waals surface area (Å²) >= 11 is 0. The lowest BCUT2D eigenvalue weighted by molar-refractivity contribution is 0.179. The van der Waals surface area contributed by atoms with Gasteiger partial charge in [-0.25, -0.2) is 0 Å². The van der Waals surface area contributed by atoms with Crippen molar-refractivity contribution in [1.82, 2.24) is 15.1 Å².